The zero-order valence-corrected chi connectivity index (χ0v) is 12.9. The van der Waals surface area contributed by atoms with Crippen molar-refractivity contribution in [3.05, 3.63) is 23.4 Å². The molecule has 1 aliphatic heterocycles. The predicted octanol–water partition coefficient (Wildman–Crippen LogP) is 4.54. The molecule has 1 aromatic heterocycles. The van der Waals surface area contributed by atoms with E-state index < -0.39 is 0 Å². The Kier molecular flexibility index (Phi) is 5.50. The molecule has 0 saturated carbocycles. The van der Waals surface area contributed by atoms with Gasteiger partial charge in [0.1, 0.15) is 5.82 Å². The first-order chi connectivity index (χ1) is 9.22. The fourth-order valence-electron chi connectivity index (χ4n) is 3.05. The summed E-state index contributed by atoms with van der Waals surface area (Å²) in [5.74, 6) is 2.60. The standard InChI is InChI=1S/C16H25ClN2/c1-3-5-14-6-4-8-19(9-7-14)16-11-15(12-17)10-13(2)18-16/h10-11,14H,3-9,12H2,1-2H3. The molecule has 106 valence electrons. The van der Waals surface area contributed by atoms with Crippen LogP contribution in [0.1, 0.15) is 50.3 Å². The highest BCUT2D eigenvalue weighted by molar-refractivity contribution is 6.17. The molecule has 1 unspecified atom stereocenters. The number of nitrogens with zero attached hydrogens (tertiary/aromatic N) is 2. The van der Waals surface area contributed by atoms with Crippen molar-refractivity contribution >= 4 is 17.4 Å². The summed E-state index contributed by atoms with van der Waals surface area (Å²) >= 11 is 5.96. The van der Waals surface area contributed by atoms with Gasteiger partial charge in [0.05, 0.1) is 0 Å². The normalized spacial score (nSPS) is 20.4. The van der Waals surface area contributed by atoms with Crippen molar-refractivity contribution in [2.75, 3.05) is 18.0 Å². The van der Waals surface area contributed by atoms with E-state index in [1.54, 1.807) is 0 Å². The molecule has 0 aromatic carbocycles. The van der Waals surface area contributed by atoms with Crippen LogP contribution in [0.3, 0.4) is 0 Å². The lowest BCUT2D eigenvalue weighted by Crippen LogP contribution is -2.25. The highest BCUT2D eigenvalue weighted by Gasteiger charge is 2.17. The molecule has 1 saturated heterocycles. The van der Waals surface area contributed by atoms with Gasteiger partial charge in [-0.1, -0.05) is 19.8 Å². The number of alkyl halides is 1. The maximum atomic E-state index is 5.96. The first-order valence-electron chi connectivity index (χ1n) is 7.51. The molecule has 2 nitrogen and oxygen atoms in total. The van der Waals surface area contributed by atoms with Crippen molar-refractivity contribution < 1.29 is 0 Å². The zero-order valence-electron chi connectivity index (χ0n) is 12.2. The van der Waals surface area contributed by atoms with Crippen LogP contribution in [0.2, 0.25) is 0 Å². The third kappa shape index (κ3) is 4.10. The van der Waals surface area contributed by atoms with Gasteiger partial charge >= 0.3 is 0 Å². The Hall–Kier alpha value is -0.760. The summed E-state index contributed by atoms with van der Waals surface area (Å²) in [5.41, 5.74) is 2.25. The van der Waals surface area contributed by atoms with Crippen molar-refractivity contribution in [1.82, 2.24) is 4.98 Å². The van der Waals surface area contributed by atoms with Gasteiger partial charge in [-0.3, -0.25) is 0 Å². The molecule has 0 radical (unpaired) electrons. The lowest BCUT2D eigenvalue weighted by molar-refractivity contribution is 0.435. The molecule has 2 heterocycles. The molecule has 1 aromatic rings. The molecule has 0 N–H and O–H groups in total. The lowest BCUT2D eigenvalue weighted by Gasteiger charge is -2.22. The number of rotatable bonds is 4. The largest absolute Gasteiger partial charge is 0.357 e. The van der Waals surface area contributed by atoms with Gasteiger partial charge < -0.3 is 4.90 Å². The maximum absolute atomic E-state index is 5.96. The van der Waals surface area contributed by atoms with Crippen LogP contribution < -0.4 is 4.90 Å². The van der Waals surface area contributed by atoms with Crippen molar-refractivity contribution in [3.8, 4) is 0 Å². The van der Waals surface area contributed by atoms with Crippen LogP contribution in [-0.2, 0) is 5.88 Å². The van der Waals surface area contributed by atoms with E-state index >= 15 is 0 Å². The Bertz CT molecular complexity index is 406. The quantitative estimate of drug-likeness (QED) is 0.753. The van der Waals surface area contributed by atoms with E-state index in [-0.39, 0.29) is 0 Å². The summed E-state index contributed by atoms with van der Waals surface area (Å²) in [6.07, 6.45) is 6.65. The van der Waals surface area contributed by atoms with Crippen LogP contribution in [0.4, 0.5) is 5.82 Å². The second-order valence-electron chi connectivity index (χ2n) is 5.68. The SMILES string of the molecule is CCCC1CCCN(c2cc(CCl)cc(C)n2)CC1. The third-order valence-corrected chi connectivity index (χ3v) is 4.33. The van der Waals surface area contributed by atoms with Gasteiger partial charge in [-0.2, -0.15) is 0 Å². The van der Waals surface area contributed by atoms with Gasteiger partial charge in [-0.25, -0.2) is 4.98 Å². The van der Waals surface area contributed by atoms with Crippen molar-refractivity contribution in [1.29, 1.82) is 0 Å². The van der Waals surface area contributed by atoms with Crippen LogP contribution >= 0.6 is 11.6 Å². The fraction of sp³-hybridized carbons (Fsp3) is 0.688. The Morgan fingerprint density at radius 1 is 1.32 bits per heavy atom. The Labute approximate surface area is 122 Å². The van der Waals surface area contributed by atoms with E-state index in [1.807, 2.05) is 0 Å². The van der Waals surface area contributed by atoms with E-state index in [0.29, 0.717) is 5.88 Å². The summed E-state index contributed by atoms with van der Waals surface area (Å²) in [7, 11) is 0. The number of pyridine rings is 1. The van der Waals surface area contributed by atoms with E-state index in [9.17, 15) is 0 Å². The number of hydrogen-bond acceptors (Lipinski definition) is 2. The van der Waals surface area contributed by atoms with Crippen molar-refractivity contribution in [2.45, 2.75) is 51.8 Å². The molecule has 0 bridgehead atoms. The molecule has 1 aliphatic rings. The average Bonchev–Trinajstić information content (AvgIpc) is 2.64. The molecular formula is C16H25ClN2. The average molecular weight is 281 g/mol. The molecule has 0 spiro atoms. The minimum absolute atomic E-state index is 0.572. The van der Waals surface area contributed by atoms with E-state index in [4.69, 9.17) is 11.6 Å². The van der Waals surface area contributed by atoms with E-state index in [1.165, 1.54) is 37.7 Å². The smallest absolute Gasteiger partial charge is 0.129 e. The molecule has 2 rings (SSSR count). The van der Waals surface area contributed by atoms with E-state index in [0.717, 1.165) is 30.5 Å². The second-order valence-corrected chi connectivity index (χ2v) is 5.95. The second kappa shape index (κ2) is 7.14. The first kappa shape index (κ1) is 14.6. The van der Waals surface area contributed by atoms with Crippen LogP contribution in [0.15, 0.2) is 12.1 Å². The minimum Gasteiger partial charge on any atom is -0.357 e. The molecule has 1 atom stereocenters. The molecular weight excluding hydrogens is 256 g/mol. The lowest BCUT2D eigenvalue weighted by atomic mass is 9.96. The van der Waals surface area contributed by atoms with Gasteiger partial charge in [0, 0.05) is 24.7 Å². The highest BCUT2D eigenvalue weighted by Crippen LogP contribution is 2.25. The van der Waals surface area contributed by atoms with Gasteiger partial charge in [-0.15, -0.1) is 11.6 Å². The number of hydrogen-bond donors (Lipinski definition) is 0. The number of aromatic nitrogens is 1. The molecule has 1 fully saturated rings. The van der Waals surface area contributed by atoms with Gasteiger partial charge in [0.25, 0.3) is 0 Å². The summed E-state index contributed by atoms with van der Waals surface area (Å²) in [5, 5.41) is 0. The van der Waals surface area contributed by atoms with Crippen LogP contribution in [0.5, 0.6) is 0 Å². The monoisotopic (exact) mass is 280 g/mol. The van der Waals surface area contributed by atoms with E-state index in [2.05, 4.69) is 35.9 Å². The zero-order chi connectivity index (χ0) is 13.7. The predicted molar refractivity (Wildman–Crippen MR) is 83.0 cm³/mol. The van der Waals surface area contributed by atoms with Gasteiger partial charge in [0.2, 0.25) is 0 Å². The summed E-state index contributed by atoms with van der Waals surface area (Å²) in [6.45, 7) is 6.62. The number of halogens is 1. The van der Waals surface area contributed by atoms with Crippen molar-refractivity contribution in [2.24, 2.45) is 5.92 Å². The van der Waals surface area contributed by atoms with Crippen LogP contribution in [0.25, 0.3) is 0 Å². The Balaban J connectivity index is 2.07. The summed E-state index contributed by atoms with van der Waals surface area (Å²) < 4.78 is 0. The molecule has 19 heavy (non-hydrogen) atoms. The summed E-state index contributed by atoms with van der Waals surface area (Å²) in [6, 6.07) is 4.23. The third-order valence-electron chi connectivity index (χ3n) is 4.02. The summed E-state index contributed by atoms with van der Waals surface area (Å²) in [4.78, 5) is 7.13. The maximum Gasteiger partial charge on any atom is 0.129 e. The van der Waals surface area contributed by atoms with Gasteiger partial charge in [0.15, 0.2) is 0 Å². The fourth-order valence-corrected chi connectivity index (χ4v) is 3.21. The van der Waals surface area contributed by atoms with Crippen LogP contribution in [-0.4, -0.2) is 18.1 Å². The molecule has 3 heteroatoms. The highest BCUT2D eigenvalue weighted by atomic mass is 35.5. The Morgan fingerprint density at radius 2 is 2.16 bits per heavy atom. The van der Waals surface area contributed by atoms with Gasteiger partial charge in [-0.05, 0) is 49.8 Å². The topological polar surface area (TPSA) is 16.1 Å². The first-order valence-corrected chi connectivity index (χ1v) is 8.05. The van der Waals surface area contributed by atoms with Crippen LogP contribution in [0, 0.1) is 12.8 Å². The van der Waals surface area contributed by atoms with Crippen molar-refractivity contribution in [3.63, 3.8) is 0 Å². The minimum atomic E-state index is 0.572. The molecule has 0 aliphatic carbocycles. The molecule has 0 amide bonds. The number of anilines is 1. The Morgan fingerprint density at radius 3 is 2.89 bits per heavy atom. The number of aryl methyl sites for hydroxylation is 1.